The molecule has 162 valence electrons. The van der Waals surface area contributed by atoms with E-state index in [0.29, 0.717) is 24.5 Å². The first-order valence-electron chi connectivity index (χ1n) is 9.98. The molecule has 0 aliphatic carbocycles. The van der Waals surface area contributed by atoms with Crippen molar-refractivity contribution in [1.82, 2.24) is 9.80 Å². The summed E-state index contributed by atoms with van der Waals surface area (Å²) >= 11 is 0. The zero-order valence-corrected chi connectivity index (χ0v) is 18.5. The van der Waals surface area contributed by atoms with E-state index < -0.39 is 16.1 Å². The number of benzene rings is 2. The van der Waals surface area contributed by atoms with Gasteiger partial charge in [-0.05, 0) is 24.6 Å². The predicted octanol–water partition coefficient (Wildman–Crippen LogP) is 2.19. The Morgan fingerprint density at radius 2 is 1.73 bits per heavy atom. The van der Waals surface area contributed by atoms with Gasteiger partial charge in [-0.2, -0.15) is 0 Å². The van der Waals surface area contributed by atoms with E-state index in [1.54, 1.807) is 36.1 Å². The van der Waals surface area contributed by atoms with Crippen molar-refractivity contribution in [3.8, 4) is 5.75 Å². The van der Waals surface area contributed by atoms with Crippen LogP contribution in [0.5, 0.6) is 5.75 Å². The number of amides is 1. The average molecular weight is 432 g/mol. The molecule has 2 aromatic rings. The quantitative estimate of drug-likeness (QED) is 0.672. The molecular weight excluding hydrogens is 402 g/mol. The highest BCUT2D eigenvalue weighted by Crippen LogP contribution is 2.26. The highest BCUT2D eigenvalue weighted by Gasteiger charge is 2.33. The van der Waals surface area contributed by atoms with Crippen LogP contribution in [0.25, 0.3) is 0 Å². The van der Waals surface area contributed by atoms with Gasteiger partial charge in [0.05, 0.1) is 19.1 Å². The van der Waals surface area contributed by atoms with Crippen molar-refractivity contribution in [2.75, 3.05) is 43.8 Å². The van der Waals surface area contributed by atoms with Crippen molar-refractivity contribution < 1.29 is 17.9 Å². The summed E-state index contributed by atoms with van der Waals surface area (Å²) in [6.45, 7) is 5.14. The van der Waals surface area contributed by atoms with Crippen LogP contribution < -0.4 is 9.04 Å². The molecule has 7 nitrogen and oxygen atoms in total. The van der Waals surface area contributed by atoms with E-state index in [-0.39, 0.29) is 5.91 Å². The lowest BCUT2D eigenvalue weighted by Crippen LogP contribution is -2.55. The maximum absolute atomic E-state index is 13.1. The van der Waals surface area contributed by atoms with E-state index in [1.807, 2.05) is 18.2 Å². The summed E-state index contributed by atoms with van der Waals surface area (Å²) in [6.07, 6.45) is 1.12. The molecule has 1 aliphatic heterocycles. The van der Waals surface area contributed by atoms with E-state index in [0.717, 1.165) is 25.9 Å². The fourth-order valence-electron chi connectivity index (χ4n) is 3.78. The third-order valence-electron chi connectivity index (χ3n) is 5.31. The van der Waals surface area contributed by atoms with Gasteiger partial charge in [0.15, 0.2) is 0 Å². The minimum Gasteiger partial charge on any atom is -0.497 e. The molecule has 0 radical (unpaired) electrons. The van der Waals surface area contributed by atoms with Gasteiger partial charge in [0.1, 0.15) is 11.8 Å². The highest BCUT2D eigenvalue weighted by molar-refractivity contribution is 7.92. The van der Waals surface area contributed by atoms with Crippen molar-refractivity contribution in [1.29, 1.82) is 0 Å². The van der Waals surface area contributed by atoms with Gasteiger partial charge in [0, 0.05) is 38.8 Å². The van der Waals surface area contributed by atoms with Crippen LogP contribution in [0.3, 0.4) is 0 Å². The first kappa shape index (κ1) is 22.1. The van der Waals surface area contributed by atoms with E-state index in [2.05, 4.69) is 17.0 Å². The fraction of sp³-hybridized carbons (Fsp3) is 0.409. The van der Waals surface area contributed by atoms with Gasteiger partial charge in [-0.3, -0.25) is 14.0 Å². The van der Waals surface area contributed by atoms with Crippen molar-refractivity contribution in [2.24, 2.45) is 0 Å². The van der Waals surface area contributed by atoms with Gasteiger partial charge in [-0.15, -0.1) is 0 Å². The standard InChI is InChI=1S/C22H29N3O4S/c1-18(25(30(3,27)28)20-10-7-11-21(16-20)29-2)22(26)24-14-12-23(13-15-24)17-19-8-5-4-6-9-19/h4-11,16,18H,12-15,17H2,1-3H3/t18-/m1/s1. The number of methoxy groups -OCH3 is 1. The molecule has 0 unspecified atom stereocenters. The van der Waals surface area contributed by atoms with Gasteiger partial charge in [0.2, 0.25) is 15.9 Å². The van der Waals surface area contributed by atoms with Gasteiger partial charge in [0.25, 0.3) is 0 Å². The summed E-state index contributed by atoms with van der Waals surface area (Å²) in [5.74, 6) is 0.345. The second kappa shape index (κ2) is 9.49. The van der Waals surface area contributed by atoms with Gasteiger partial charge < -0.3 is 9.64 Å². The van der Waals surface area contributed by atoms with Crippen molar-refractivity contribution >= 4 is 21.6 Å². The highest BCUT2D eigenvalue weighted by atomic mass is 32.2. The number of anilines is 1. The predicted molar refractivity (Wildman–Crippen MR) is 118 cm³/mol. The summed E-state index contributed by atoms with van der Waals surface area (Å²) in [7, 11) is -2.14. The number of ether oxygens (including phenoxy) is 1. The smallest absolute Gasteiger partial charge is 0.246 e. The number of piperazine rings is 1. The molecule has 30 heavy (non-hydrogen) atoms. The molecule has 1 fully saturated rings. The van der Waals surface area contributed by atoms with Crippen LogP contribution in [-0.2, 0) is 21.4 Å². The van der Waals surface area contributed by atoms with Crippen LogP contribution in [0.4, 0.5) is 5.69 Å². The fourth-order valence-corrected chi connectivity index (χ4v) is 4.94. The third kappa shape index (κ3) is 5.31. The topological polar surface area (TPSA) is 70.2 Å². The summed E-state index contributed by atoms with van der Waals surface area (Å²) in [6, 6.07) is 16.1. The Bertz CT molecular complexity index is 957. The Balaban J connectivity index is 1.68. The second-order valence-electron chi connectivity index (χ2n) is 7.52. The molecule has 1 atom stereocenters. The van der Waals surface area contributed by atoms with Crippen LogP contribution in [-0.4, -0.2) is 69.7 Å². The lowest BCUT2D eigenvalue weighted by atomic mass is 10.2. The number of hydrogen-bond acceptors (Lipinski definition) is 5. The molecule has 8 heteroatoms. The third-order valence-corrected chi connectivity index (χ3v) is 6.55. The second-order valence-corrected chi connectivity index (χ2v) is 9.38. The Morgan fingerprint density at radius 1 is 1.07 bits per heavy atom. The summed E-state index contributed by atoms with van der Waals surface area (Å²) in [5, 5.41) is 0. The number of sulfonamides is 1. The molecule has 0 spiro atoms. The molecule has 2 aromatic carbocycles. The first-order chi connectivity index (χ1) is 14.3. The molecule has 1 heterocycles. The lowest BCUT2D eigenvalue weighted by Gasteiger charge is -2.38. The van der Waals surface area contributed by atoms with Crippen molar-refractivity contribution in [3.05, 3.63) is 60.2 Å². The first-order valence-corrected chi connectivity index (χ1v) is 11.8. The molecule has 1 aliphatic rings. The molecule has 0 aromatic heterocycles. The lowest BCUT2D eigenvalue weighted by molar-refractivity contribution is -0.133. The van der Waals surface area contributed by atoms with E-state index >= 15 is 0 Å². The molecule has 0 N–H and O–H groups in total. The van der Waals surface area contributed by atoms with Crippen molar-refractivity contribution in [3.63, 3.8) is 0 Å². The molecule has 3 rings (SSSR count). The minimum atomic E-state index is -3.66. The minimum absolute atomic E-state index is 0.192. The van der Waals surface area contributed by atoms with E-state index in [1.165, 1.54) is 17.0 Å². The normalized spacial score (nSPS) is 16.2. The largest absolute Gasteiger partial charge is 0.497 e. The molecule has 0 saturated carbocycles. The van der Waals surface area contributed by atoms with Crippen LogP contribution in [0, 0.1) is 0 Å². The van der Waals surface area contributed by atoms with Crippen LogP contribution in [0.15, 0.2) is 54.6 Å². The molecule has 1 amide bonds. The van der Waals surface area contributed by atoms with Gasteiger partial charge in [-0.1, -0.05) is 36.4 Å². The zero-order chi connectivity index (χ0) is 21.7. The Morgan fingerprint density at radius 3 is 2.33 bits per heavy atom. The number of carbonyl (C=O) groups is 1. The van der Waals surface area contributed by atoms with Crippen LogP contribution in [0.1, 0.15) is 12.5 Å². The molecule has 0 bridgehead atoms. The monoisotopic (exact) mass is 431 g/mol. The number of hydrogen-bond donors (Lipinski definition) is 0. The maximum atomic E-state index is 13.1. The number of rotatable bonds is 7. The zero-order valence-electron chi connectivity index (χ0n) is 17.7. The molecular formula is C22H29N3O4S. The van der Waals surface area contributed by atoms with E-state index in [4.69, 9.17) is 4.74 Å². The molecule has 1 saturated heterocycles. The number of carbonyl (C=O) groups excluding carboxylic acids is 1. The average Bonchev–Trinajstić information content (AvgIpc) is 2.74. The Kier molecular flexibility index (Phi) is 6.99. The summed E-state index contributed by atoms with van der Waals surface area (Å²) in [4.78, 5) is 17.2. The SMILES string of the molecule is COc1cccc(N([C@H](C)C(=O)N2CCN(Cc3ccccc3)CC2)S(C)(=O)=O)c1. The van der Waals surface area contributed by atoms with Gasteiger partial charge in [-0.25, -0.2) is 8.42 Å². The Hall–Kier alpha value is -2.58. The maximum Gasteiger partial charge on any atom is 0.246 e. The van der Waals surface area contributed by atoms with Crippen LogP contribution >= 0.6 is 0 Å². The van der Waals surface area contributed by atoms with E-state index in [9.17, 15) is 13.2 Å². The van der Waals surface area contributed by atoms with Crippen molar-refractivity contribution in [2.45, 2.75) is 19.5 Å². The van der Waals surface area contributed by atoms with Gasteiger partial charge >= 0.3 is 0 Å². The summed E-state index contributed by atoms with van der Waals surface area (Å²) in [5.41, 5.74) is 1.66. The Labute approximate surface area is 178 Å². The van der Waals surface area contributed by atoms with Crippen LogP contribution in [0.2, 0.25) is 0 Å². The number of nitrogens with zero attached hydrogens (tertiary/aromatic N) is 3. The summed E-state index contributed by atoms with van der Waals surface area (Å²) < 4.78 is 31.4.